The van der Waals surface area contributed by atoms with Gasteiger partial charge in [0, 0.05) is 12.5 Å². The molecule has 1 atom stereocenters. The molecule has 6 heteroatoms. The molecule has 1 aliphatic heterocycles. The molecule has 1 aromatic carbocycles. The first-order valence-electron chi connectivity index (χ1n) is 6.10. The Labute approximate surface area is 104 Å². The summed E-state index contributed by atoms with van der Waals surface area (Å²) >= 11 is 0. The average Bonchev–Trinajstić information content (AvgIpc) is 2.90. The summed E-state index contributed by atoms with van der Waals surface area (Å²) in [6, 6.07) is 6.42. The molecule has 0 aliphatic carbocycles. The molecule has 1 aliphatic rings. The lowest BCUT2D eigenvalue weighted by molar-refractivity contribution is 0.446. The van der Waals surface area contributed by atoms with Crippen molar-refractivity contribution in [3.8, 4) is 5.69 Å². The van der Waals surface area contributed by atoms with Gasteiger partial charge in [0.2, 0.25) is 0 Å². The third-order valence-corrected chi connectivity index (χ3v) is 3.16. The van der Waals surface area contributed by atoms with E-state index in [9.17, 15) is 4.39 Å². The molecule has 1 unspecified atom stereocenters. The predicted octanol–water partition coefficient (Wildman–Crippen LogP) is 1.27. The molecule has 18 heavy (non-hydrogen) atoms. The van der Waals surface area contributed by atoms with E-state index in [4.69, 9.17) is 0 Å². The molecule has 0 spiro atoms. The van der Waals surface area contributed by atoms with Gasteiger partial charge in [-0.3, -0.25) is 0 Å². The van der Waals surface area contributed by atoms with Crippen LogP contribution in [0.4, 0.5) is 4.39 Å². The van der Waals surface area contributed by atoms with E-state index in [1.54, 1.807) is 18.2 Å². The molecule has 94 valence electrons. The van der Waals surface area contributed by atoms with Crippen molar-refractivity contribution in [2.75, 3.05) is 13.1 Å². The minimum absolute atomic E-state index is 0.277. The van der Waals surface area contributed by atoms with Crippen molar-refractivity contribution in [1.82, 2.24) is 25.5 Å². The highest BCUT2D eigenvalue weighted by Crippen LogP contribution is 2.19. The van der Waals surface area contributed by atoms with Crippen LogP contribution in [0.2, 0.25) is 0 Å². The minimum Gasteiger partial charge on any atom is -0.316 e. The minimum atomic E-state index is -0.344. The van der Waals surface area contributed by atoms with Gasteiger partial charge in [0.05, 0.1) is 0 Å². The number of piperidine rings is 1. The first-order chi connectivity index (χ1) is 8.84. The maximum Gasteiger partial charge on any atom is 0.179 e. The second-order valence-electron chi connectivity index (χ2n) is 4.43. The van der Waals surface area contributed by atoms with E-state index in [1.807, 2.05) is 0 Å². The van der Waals surface area contributed by atoms with Gasteiger partial charge in [-0.05, 0) is 36.7 Å². The third-order valence-electron chi connectivity index (χ3n) is 3.16. The van der Waals surface area contributed by atoms with Crippen LogP contribution in [0.1, 0.15) is 24.6 Å². The van der Waals surface area contributed by atoms with E-state index in [0.29, 0.717) is 11.5 Å². The van der Waals surface area contributed by atoms with Crippen molar-refractivity contribution in [2.45, 2.75) is 18.8 Å². The van der Waals surface area contributed by atoms with Crippen LogP contribution in [0.5, 0.6) is 0 Å². The highest BCUT2D eigenvalue weighted by atomic mass is 19.1. The largest absolute Gasteiger partial charge is 0.316 e. The number of benzene rings is 1. The van der Waals surface area contributed by atoms with Gasteiger partial charge in [-0.1, -0.05) is 12.1 Å². The molecular weight excluding hydrogens is 233 g/mol. The molecule has 1 N–H and O–H groups in total. The molecule has 3 rings (SSSR count). The molecule has 0 radical (unpaired) electrons. The summed E-state index contributed by atoms with van der Waals surface area (Å²) in [5, 5.41) is 15.5. The fourth-order valence-electron chi connectivity index (χ4n) is 2.18. The molecule has 1 fully saturated rings. The summed E-state index contributed by atoms with van der Waals surface area (Å²) in [5.41, 5.74) is 0.333. The third kappa shape index (κ3) is 2.11. The zero-order valence-electron chi connectivity index (χ0n) is 9.88. The Morgan fingerprint density at radius 2 is 2.22 bits per heavy atom. The standard InChI is InChI=1S/C12H14FN5/c13-10-5-1-2-6-11(10)18-16-12(15-17-18)9-4-3-7-14-8-9/h1-2,5-6,9,14H,3-4,7-8H2. The molecule has 0 bridgehead atoms. The van der Waals surface area contributed by atoms with Crippen LogP contribution in [-0.2, 0) is 0 Å². The van der Waals surface area contributed by atoms with Crippen LogP contribution < -0.4 is 5.32 Å². The Morgan fingerprint density at radius 3 is 3.00 bits per heavy atom. The van der Waals surface area contributed by atoms with Crippen LogP contribution >= 0.6 is 0 Å². The van der Waals surface area contributed by atoms with Gasteiger partial charge < -0.3 is 5.32 Å². The smallest absolute Gasteiger partial charge is 0.179 e. The maximum atomic E-state index is 13.6. The molecule has 2 heterocycles. The summed E-state index contributed by atoms with van der Waals surface area (Å²) in [6.45, 7) is 1.90. The summed E-state index contributed by atoms with van der Waals surface area (Å²) in [6.07, 6.45) is 2.16. The van der Waals surface area contributed by atoms with E-state index in [-0.39, 0.29) is 11.7 Å². The van der Waals surface area contributed by atoms with E-state index >= 15 is 0 Å². The summed E-state index contributed by atoms with van der Waals surface area (Å²) in [7, 11) is 0. The topological polar surface area (TPSA) is 55.6 Å². The molecule has 5 nitrogen and oxygen atoms in total. The number of para-hydroxylation sites is 1. The van der Waals surface area contributed by atoms with Crippen molar-refractivity contribution in [3.05, 3.63) is 35.9 Å². The van der Waals surface area contributed by atoms with Gasteiger partial charge in [-0.25, -0.2) is 4.39 Å². The van der Waals surface area contributed by atoms with Gasteiger partial charge in [-0.15, -0.1) is 15.0 Å². The van der Waals surface area contributed by atoms with Crippen molar-refractivity contribution in [1.29, 1.82) is 0 Å². The molecule has 1 saturated heterocycles. The first kappa shape index (κ1) is 11.3. The number of nitrogens with one attached hydrogen (secondary N) is 1. The van der Waals surface area contributed by atoms with Gasteiger partial charge >= 0.3 is 0 Å². The Balaban J connectivity index is 1.87. The van der Waals surface area contributed by atoms with Crippen LogP contribution in [0, 0.1) is 5.82 Å². The number of aromatic nitrogens is 4. The zero-order chi connectivity index (χ0) is 12.4. The Hall–Kier alpha value is -1.82. The van der Waals surface area contributed by atoms with Crippen LogP contribution in [0.3, 0.4) is 0 Å². The quantitative estimate of drug-likeness (QED) is 0.868. The van der Waals surface area contributed by atoms with Crippen LogP contribution in [-0.4, -0.2) is 33.3 Å². The summed E-state index contributed by atoms with van der Waals surface area (Å²) in [4.78, 5) is 1.26. The number of hydrogen-bond donors (Lipinski definition) is 1. The lowest BCUT2D eigenvalue weighted by Crippen LogP contribution is -2.29. The number of hydrogen-bond acceptors (Lipinski definition) is 4. The lowest BCUT2D eigenvalue weighted by Gasteiger charge is -2.19. The highest BCUT2D eigenvalue weighted by Gasteiger charge is 2.20. The SMILES string of the molecule is Fc1ccccc1-n1nnc(C2CCCNC2)n1. The van der Waals surface area contributed by atoms with E-state index < -0.39 is 0 Å². The number of tetrazole rings is 1. The van der Waals surface area contributed by atoms with Crippen molar-refractivity contribution >= 4 is 0 Å². The number of halogens is 1. The van der Waals surface area contributed by atoms with E-state index in [2.05, 4.69) is 20.7 Å². The highest BCUT2D eigenvalue weighted by molar-refractivity contribution is 5.30. The van der Waals surface area contributed by atoms with Crippen LogP contribution in [0.25, 0.3) is 5.69 Å². The fraction of sp³-hybridized carbons (Fsp3) is 0.417. The van der Waals surface area contributed by atoms with Gasteiger partial charge in [0.25, 0.3) is 0 Å². The number of nitrogens with zero attached hydrogens (tertiary/aromatic N) is 4. The summed E-state index contributed by atoms with van der Waals surface area (Å²) < 4.78 is 13.6. The van der Waals surface area contributed by atoms with Crippen molar-refractivity contribution in [2.24, 2.45) is 0 Å². The molecule has 1 aromatic heterocycles. The van der Waals surface area contributed by atoms with E-state index in [1.165, 1.54) is 10.9 Å². The fourth-order valence-corrected chi connectivity index (χ4v) is 2.18. The molecule has 0 saturated carbocycles. The van der Waals surface area contributed by atoms with Gasteiger partial charge in [0.15, 0.2) is 11.6 Å². The van der Waals surface area contributed by atoms with Crippen LogP contribution in [0.15, 0.2) is 24.3 Å². The Kier molecular flexibility index (Phi) is 3.02. The Bertz CT molecular complexity index is 533. The first-order valence-corrected chi connectivity index (χ1v) is 6.10. The van der Waals surface area contributed by atoms with Gasteiger partial charge in [0.1, 0.15) is 5.69 Å². The number of rotatable bonds is 2. The predicted molar refractivity (Wildman–Crippen MR) is 64.0 cm³/mol. The molecule has 0 amide bonds. The zero-order valence-corrected chi connectivity index (χ0v) is 9.88. The summed E-state index contributed by atoms with van der Waals surface area (Å²) in [5.74, 6) is 0.618. The monoisotopic (exact) mass is 247 g/mol. The maximum absolute atomic E-state index is 13.6. The van der Waals surface area contributed by atoms with Crippen molar-refractivity contribution < 1.29 is 4.39 Å². The Morgan fingerprint density at radius 1 is 1.33 bits per heavy atom. The lowest BCUT2D eigenvalue weighted by atomic mass is 9.99. The average molecular weight is 247 g/mol. The van der Waals surface area contributed by atoms with E-state index in [0.717, 1.165) is 25.9 Å². The molecular formula is C12H14FN5. The van der Waals surface area contributed by atoms with Gasteiger partial charge in [-0.2, -0.15) is 0 Å². The second kappa shape index (κ2) is 4.81. The second-order valence-corrected chi connectivity index (χ2v) is 4.43. The van der Waals surface area contributed by atoms with Crippen molar-refractivity contribution in [3.63, 3.8) is 0 Å². The molecule has 2 aromatic rings. The normalized spacial score (nSPS) is 19.9.